The summed E-state index contributed by atoms with van der Waals surface area (Å²) >= 11 is 6.17. The summed E-state index contributed by atoms with van der Waals surface area (Å²) in [4.78, 5) is 16.4. The molecule has 1 aromatic heterocycles. The van der Waals surface area contributed by atoms with E-state index in [2.05, 4.69) is 29.5 Å². The molecule has 112 valence electrons. The molecular formula is C16H20ClN3O. The summed E-state index contributed by atoms with van der Waals surface area (Å²) in [7, 11) is 0. The Morgan fingerprint density at radius 3 is 2.76 bits per heavy atom. The van der Waals surface area contributed by atoms with Crippen molar-refractivity contribution in [1.29, 1.82) is 0 Å². The number of nitrogens with one attached hydrogen (secondary N) is 2. The average molecular weight is 306 g/mol. The normalized spacial score (nSPS) is 12.4. The smallest absolute Gasteiger partial charge is 0.242 e. The van der Waals surface area contributed by atoms with Crippen LogP contribution in [0.5, 0.6) is 0 Å². The lowest BCUT2D eigenvalue weighted by Gasteiger charge is -2.17. The van der Waals surface area contributed by atoms with Gasteiger partial charge in [0.1, 0.15) is 6.04 Å². The highest BCUT2D eigenvalue weighted by Gasteiger charge is 2.14. The molecule has 0 saturated carbocycles. The number of nitrogens with zero attached hydrogens (tertiary/aromatic N) is 1. The van der Waals surface area contributed by atoms with Gasteiger partial charge in [-0.2, -0.15) is 0 Å². The number of aromatic nitrogens is 1. The van der Waals surface area contributed by atoms with Gasteiger partial charge >= 0.3 is 0 Å². The summed E-state index contributed by atoms with van der Waals surface area (Å²) in [5, 5.41) is 7.64. The van der Waals surface area contributed by atoms with Gasteiger partial charge < -0.3 is 10.6 Å². The molecule has 2 N–H and O–H groups in total. The van der Waals surface area contributed by atoms with E-state index in [4.69, 9.17) is 11.6 Å². The predicted octanol–water partition coefficient (Wildman–Crippen LogP) is 3.46. The maximum Gasteiger partial charge on any atom is 0.242 e. The Morgan fingerprint density at radius 2 is 2.05 bits per heavy atom. The highest BCUT2D eigenvalue weighted by Crippen LogP contribution is 2.28. The number of amides is 1. The zero-order valence-electron chi connectivity index (χ0n) is 12.5. The Bertz CT molecular complexity index is 642. The van der Waals surface area contributed by atoms with E-state index in [9.17, 15) is 4.79 Å². The Hall–Kier alpha value is -1.81. The number of pyridine rings is 1. The van der Waals surface area contributed by atoms with Gasteiger partial charge in [0.15, 0.2) is 0 Å². The SMILES string of the molecule is CC(C)CNC(=O)C(C)Nc1ccc(Cl)c2cccnc12. The third-order valence-electron chi connectivity index (χ3n) is 3.17. The van der Waals surface area contributed by atoms with Gasteiger partial charge in [0.2, 0.25) is 5.91 Å². The lowest BCUT2D eigenvalue weighted by atomic mass is 10.1. The molecule has 1 atom stereocenters. The van der Waals surface area contributed by atoms with Gasteiger partial charge in [0.25, 0.3) is 0 Å². The minimum atomic E-state index is -0.338. The second-order valence-electron chi connectivity index (χ2n) is 5.50. The van der Waals surface area contributed by atoms with Crippen LogP contribution in [0.1, 0.15) is 20.8 Å². The molecule has 0 saturated heterocycles. The average Bonchev–Trinajstić information content (AvgIpc) is 2.47. The van der Waals surface area contributed by atoms with Crippen molar-refractivity contribution in [3.05, 3.63) is 35.5 Å². The maximum atomic E-state index is 12.0. The first-order valence-corrected chi connectivity index (χ1v) is 7.44. The fourth-order valence-corrected chi connectivity index (χ4v) is 2.23. The van der Waals surface area contributed by atoms with E-state index in [1.54, 1.807) is 6.20 Å². The molecule has 0 fully saturated rings. The molecule has 4 nitrogen and oxygen atoms in total. The molecule has 0 aliphatic heterocycles. The minimum absolute atomic E-state index is 0.0252. The van der Waals surface area contributed by atoms with E-state index in [-0.39, 0.29) is 11.9 Å². The summed E-state index contributed by atoms with van der Waals surface area (Å²) in [5.41, 5.74) is 1.58. The molecule has 2 aromatic rings. The summed E-state index contributed by atoms with van der Waals surface area (Å²) in [6.45, 7) is 6.63. The van der Waals surface area contributed by atoms with Crippen LogP contribution in [0.15, 0.2) is 30.5 Å². The lowest BCUT2D eigenvalue weighted by molar-refractivity contribution is -0.121. The molecule has 1 heterocycles. The quantitative estimate of drug-likeness (QED) is 0.889. The maximum absolute atomic E-state index is 12.0. The van der Waals surface area contributed by atoms with Gasteiger partial charge in [-0.3, -0.25) is 9.78 Å². The van der Waals surface area contributed by atoms with Crippen LogP contribution in [0.3, 0.4) is 0 Å². The molecule has 5 heteroatoms. The number of fused-ring (bicyclic) bond motifs is 1. The molecule has 1 amide bonds. The van der Waals surface area contributed by atoms with Crippen molar-refractivity contribution in [2.45, 2.75) is 26.8 Å². The predicted molar refractivity (Wildman–Crippen MR) is 87.7 cm³/mol. The van der Waals surface area contributed by atoms with Crippen molar-refractivity contribution >= 4 is 34.1 Å². The van der Waals surface area contributed by atoms with Crippen LogP contribution in [0.4, 0.5) is 5.69 Å². The molecule has 0 aliphatic rings. The van der Waals surface area contributed by atoms with E-state index in [1.807, 2.05) is 31.2 Å². The van der Waals surface area contributed by atoms with Crippen LogP contribution >= 0.6 is 11.6 Å². The number of hydrogen-bond donors (Lipinski definition) is 2. The zero-order valence-corrected chi connectivity index (χ0v) is 13.2. The van der Waals surface area contributed by atoms with Gasteiger partial charge in [0.05, 0.1) is 16.2 Å². The molecule has 0 aliphatic carbocycles. The molecule has 0 bridgehead atoms. The van der Waals surface area contributed by atoms with E-state index in [0.29, 0.717) is 17.5 Å². The van der Waals surface area contributed by atoms with Gasteiger partial charge in [-0.05, 0) is 37.1 Å². The van der Waals surface area contributed by atoms with Gasteiger partial charge in [-0.1, -0.05) is 25.4 Å². The lowest BCUT2D eigenvalue weighted by Crippen LogP contribution is -2.39. The minimum Gasteiger partial charge on any atom is -0.372 e. The first-order valence-electron chi connectivity index (χ1n) is 7.06. The van der Waals surface area contributed by atoms with Crippen LogP contribution in [-0.4, -0.2) is 23.5 Å². The summed E-state index contributed by atoms with van der Waals surface area (Å²) in [6.07, 6.45) is 1.72. The highest BCUT2D eigenvalue weighted by molar-refractivity contribution is 6.35. The van der Waals surface area contributed by atoms with Crippen molar-refractivity contribution < 1.29 is 4.79 Å². The fraction of sp³-hybridized carbons (Fsp3) is 0.375. The van der Waals surface area contributed by atoms with Crippen molar-refractivity contribution in [1.82, 2.24) is 10.3 Å². The van der Waals surface area contributed by atoms with E-state index < -0.39 is 0 Å². The standard InChI is InChI=1S/C16H20ClN3O/c1-10(2)9-19-16(21)11(3)20-14-7-6-13(17)12-5-4-8-18-15(12)14/h4-8,10-11,20H,9H2,1-3H3,(H,19,21). The number of anilines is 1. The number of hydrogen-bond acceptors (Lipinski definition) is 3. The van der Waals surface area contributed by atoms with Crippen molar-refractivity contribution in [2.24, 2.45) is 5.92 Å². The molecule has 2 rings (SSSR count). The summed E-state index contributed by atoms with van der Waals surface area (Å²) in [5.74, 6) is 0.405. The Kier molecular flexibility index (Phi) is 5.02. The molecule has 21 heavy (non-hydrogen) atoms. The third kappa shape index (κ3) is 3.85. The highest BCUT2D eigenvalue weighted by atomic mass is 35.5. The van der Waals surface area contributed by atoms with Gasteiger partial charge in [-0.25, -0.2) is 0 Å². The van der Waals surface area contributed by atoms with Crippen molar-refractivity contribution in [3.63, 3.8) is 0 Å². The molecule has 1 unspecified atom stereocenters. The first kappa shape index (κ1) is 15.6. The summed E-state index contributed by atoms with van der Waals surface area (Å²) < 4.78 is 0. The first-order chi connectivity index (χ1) is 9.99. The summed E-state index contributed by atoms with van der Waals surface area (Å²) in [6, 6.07) is 7.09. The largest absolute Gasteiger partial charge is 0.372 e. The van der Waals surface area contributed by atoms with Crippen LogP contribution in [-0.2, 0) is 4.79 Å². The topological polar surface area (TPSA) is 54.0 Å². The van der Waals surface area contributed by atoms with Crippen LogP contribution in [0.25, 0.3) is 10.9 Å². The fourth-order valence-electron chi connectivity index (χ4n) is 2.01. The second kappa shape index (κ2) is 6.76. The van der Waals surface area contributed by atoms with E-state index in [1.165, 1.54) is 0 Å². The van der Waals surface area contributed by atoms with Crippen LogP contribution in [0.2, 0.25) is 5.02 Å². The van der Waals surface area contributed by atoms with Crippen LogP contribution in [0, 0.1) is 5.92 Å². The number of carbonyl (C=O) groups is 1. The van der Waals surface area contributed by atoms with E-state index >= 15 is 0 Å². The number of benzene rings is 1. The molecule has 1 aromatic carbocycles. The number of halogens is 1. The molecule has 0 spiro atoms. The van der Waals surface area contributed by atoms with Crippen LogP contribution < -0.4 is 10.6 Å². The van der Waals surface area contributed by atoms with Crippen molar-refractivity contribution in [2.75, 3.05) is 11.9 Å². The molecular weight excluding hydrogens is 286 g/mol. The van der Waals surface area contributed by atoms with E-state index in [0.717, 1.165) is 16.6 Å². The third-order valence-corrected chi connectivity index (χ3v) is 3.50. The second-order valence-corrected chi connectivity index (χ2v) is 5.91. The zero-order chi connectivity index (χ0) is 15.4. The Balaban J connectivity index is 2.16. The Morgan fingerprint density at radius 1 is 1.29 bits per heavy atom. The number of rotatable bonds is 5. The molecule has 0 radical (unpaired) electrons. The van der Waals surface area contributed by atoms with Gasteiger partial charge in [0, 0.05) is 18.1 Å². The van der Waals surface area contributed by atoms with Gasteiger partial charge in [-0.15, -0.1) is 0 Å². The van der Waals surface area contributed by atoms with Crippen molar-refractivity contribution in [3.8, 4) is 0 Å². The Labute approximate surface area is 129 Å². The number of carbonyl (C=O) groups excluding carboxylic acids is 1. The monoisotopic (exact) mass is 305 g/mol.